The van der Waals surface area contributed by atoms with Gasteiger partial charge in [-0.15, -0.1) is 12.4 Å². The van der Waals surface area contributed by atoms with Crippen molar-refractivity contribution in [2.75, 3.05) is 13.1 Å². The molecule has 1 atom stereocenters. The van der Waals surface area contributed by atoms with Gasteiger partial charge in [-0.1, -0.05) is 0 Å². The zero-order valence-corrected chi connectivity index (χ0v) is 10.5. The molecule has 2 heterocycles. The Morgan fingerprint density at radius 1 is 1.56 bits per heavy atom. The van der Waals surface area contributed by atoms with E-state index in [1.54, 1.807) is 0 Å². The van der Waals surface area contributed by atoms with Crippen LogP contribution in [0.2, 0.25) is 0 Å². The van der Waals surface area contributed by atoms with Crippen molar-refractivity contribution in [3.05, 3.63) is 29.6 Å². The van der Waals surface area contributed by atoms with Crippen LogP contribution in [0.15, 0.2) is 18.5 Å². The Bertz CT molecular complexity index is 330. The number of piperidine rings is 1. The van der Waals surface area contributed by atoms with E-state index in [0.717, 1.165) is 13.1 Å². The molecular formula is C12H20ClN3. The van der Waals surface area contributed by atoms with Crippen molar-refractivity contribution < 1.29 is 0 Å². The van der Waals surface area contributed by atoms with Crippen LogP contribution in [-0.4, -0.2) is 29.0 Å². The highest BCUT2D eigenvalue weighted by Crippen LogP contribution is 2.14. The Morgan fingerprint density at radius 3 is 3.06 bits per heavy atom. The van der Waals surface area contributed by atoms with E-state index in [1.165, 1.54) is 30.5 Å². The summed E-state index contributed by atoms with van der Waals surface area (Å²) < 4.78 is 0. The van der Waals surface area contributed by atoms with Gasteiger partial charge in [0.15, 0.2) is 0 Å². The molecule has 0 bridgehead atoms. The number of hydrogen-bond acceptors (Lipinski definition) is 3. The smallest absolute Gasteiger partial charge is 0.0315 e. The summed E-state index contributed by atoms with van der Waals surface area (Å²) >= 11 is 0. The van der Waals surface area contributed by atoms with Crippen molar-refractivity contribution in [3.63, 3.8) is 0 Å². The van der Waals surface area contributed by atoms with Crippen LogP contribution in [0.3, 0.4) is 0 Å². The first kappa shape index (κ1) is 13.4. The van der Waals surface area contributed by atoms with Crippen molar-refractivity contribution in [1.82, 2.24) is 9.88 Å². The molecule has 1 saturated heterocycles. The minimum Gasteiger partial charge on any atom is -0.327 e. The maximum atomic E-state index is 5.96. The van der Waals surface area contributed by atoms with E-state index in [0.29, 0.717) is 6.04 Å². The molecular weight excluding hydrogens is 222 g/mol. The van der Waals surface area contributed by atoms with Gasteiger partial charge in [0.2, 0.25) is 0 Å². The van der Waals surface area contributed by atoms with Crippen LogP contribution < -0.4 is 5.73 Å². The van der Waals surface area contributed by atoms with Crippen molar-refractivity contribution in [1.29, 1.82) is 0 Å². The number of aryl methyl sites for hydroxylation is 1. The molecule has 1 aliphatic heterocycles. The summed E-state index contributed by atoms with van der Waals surface area (Å²) in [6, 6.07) is 2.43. The maximum absolute atomic E-state index is 5.96. The van der Waals surface area contributed by atoms with Gasteiger partial charge in [-0.05, 0) is 43.5 Å². The second-order valence-electron chi connectivity index (χ2n) is 4.44. The molecule has 0 aliphatic carbocycles. The van der Waals surface area contributed by atoms with Crippen LogP contribution in [-0.2, 0) is 6.54 Å². The van der Waals surface area contributed by atoms with Crippen molar-refractivity contribution in [3.8, 4) is 0 Å². The van der Waals surface area contributed by atoms with E-state index in [2.05, 4.69) is 22.9 Å². The molecule has 1 aromatic heterocycles. The molecule has 4 heteroatoms. The fraction of sp³-hybridized carbons (Fsp3) is 0.583. The molecule has 0 aromatic carbocycles. The standard InChI is InChI=1S/C12H19N3.ClH/c1-10-4-5-14-7-11(10)8-15-6-2-3-12(13)9-15;/h4-5,7,12H,2-3,6,8-9,13H2,1H3;1H/t12-;/m1./s1. The van der Waals surface area contributed by atoms with Crippen LogP contribution >= 0.6 is 12.4 Å². The van der Waals surface area contributed by atoms with Crippen LogP contribution in [0.1, 0.15) is 24.0 Å². The lowest BCUT2D eigenvalue weighted by atomic mass is 10.1. The number of aromatic nitrogens is 1. The maximum Gasteiger partial charge on any atom is 0.0315 e. The molecule has 16 heavy (non-hydrogen) atoms. The predicted octanol–water partition coefficient (Wildman–Crippen LogP) is 1.73. The van der Waals surface area contributed by atoms with E-state index in [4.69, 9.17) is 5.73 Å². The zero-order valence-electron chi connectivity index (χ0n) is 9.72. The molecule has 3 nitrogen and oxygen atoms in total. The molecule has 2 N–H and O–H groups in total. The van der Waals surface area contributed by atoms with E-state index in [1.807, 2.05) is 12.4 Å². The first-order valence-corrected chi connectivity index (χ1v) is 5.63. The molecule has 0 unspecified atom stereocenters. The van der Waals surface area contributed by atoms with Crippen LogP contribution in [0.4, 0.5) is 0 Å². The summed E-state index contributed by atoms with van der Waals surface area (Å²) in [6.45, 7) is 5.32. The molecule has 0 saturated carbocycles. The zero-order chi connectivity index (χ0) is 10.7. The molecule has 0 radical (unpaired) electrons. The summed E-state index contributed by atoms with van der Waals surface area (Å²) in [5.41, 5.74) is 8.61. The molecule has 1 fully saturated rings. The van der Waals surface area contributed by atoms with E-state index < -0.39 is 0 Å². The summed E-state index contributed by atoms with van der Waals surface area (Å²) in [6.07, 6.45) is 6.21. The summed E-state index contributed by atoms with van der Waals surface area (Å²) in [5.74, 6) is 0. The van der Waals surface area contributed by atoms with Crippen LogP contribution in [0, 0.1) is 6.92 Å². The van der Waals surface area contributed by atoms with Crippen molar-refractivity contribution in [2.24, 2.45) is 5.73 Å². The highest BCUT2D eigenvalue weighted by atomic mass is 35.5. The van der Waals surface area contributed by atoms with Gasteiger partial charge in [-0.3, -0.25) is 9.88 Å². The minimum absolute atomic E-state index is 0. The lowest BCUT2D eigenvalue weighted by Crippen LogP contribution is -2.42. The third-order valence-corrected chi connectivity index (χ3v) is 3.08. The fourth-order valence-electron chi connectivity index (χ4n) is 2.14. The number of nitrogens with two attached hydrogens (primary N) is 1. The van der Waals surface area contributed by atoms with Gasteiger partial charge in [0.25, 0.3) is 0 Å². The van der Waals surface area contributed by atoms with Crippen LogP contribution in [0.5, 0.6) is 0 Å². The Kier molecular flexibility index (Phi) is 5.19. The Morgan fingerprint density at radius 2 is 2.38 bits per heavy atom. The molecule has 0 amide bonds. The van der Waals surface area contributed by atoms with Gasteiger partial charge in [0.1, 0.15) is 0 Å². The molecule has 2 rings (SSSR count). The molecule has 1 aliphatic rings. The van der Waals surface area contributed by atoms with Crippen molar-refractivity contribution in [2.45, 2.75) is 32.4 Å². The number of pyridine rings is 1. The second-order valence-corrected chi connectivity index (χ2v) is 4.44. The highest BCUT2D eigenvalue weighted by molar-refractivity contribution is 5.85. The molecule has 0 spiro atoms. The highest BCUT2D eigenvalue weighted by Gasteiger charge is 2.16. The van der Waals surface area contributed by atoms with E-state index >= 15 is 0 Å². The van der Waals surface area contributed by atoms with Gasteiger partial charge in [0.05, 0.1) is 0 Å². The Balaban J connectivity index is 0.00000128. The van der Waals surface area contributed by atoms with Crippen LogP contribution in [0.25, 0.3) is 0 Å². The Labute approximate surface area is 103 Å². The summed E-state index contributed by atoms with van der Waals surface area (Å²) in [5, 5.41) is 0. The fourth-order valence-corrected chi connectivity index (χ4v) is 2.14. The predicted molar refractivity (Wildman–Crippen MR) is 68.7 cm³/mol. The van der Waals surface area contributed by atoms with Crippen molar-refractivity contribution >= 4 is 12.4 Å². The lowest BCUT2D eigenvalue weighted by molar-refractivity contribution is 0.201. The average molecular weight is 242 g/mol. The number of hydrogen-bond donors (Lipinski definition) is 1. The number of likely N-dealkylation sites (tertiary alicyclic amines) is 1. The lowest BCUT2D eigenvalue weighted by Gasteiger charge is -2.30. The first-order valence-electron chi connectivity index (χ1n) is 5.63. The molecule has 1 aromatic rings. The number of nitrogens with zero attached hydrogens (tertiary/aromatic N) is 2. The third kappa shape index (κ3) is 3.44. The Hall–Kier alpha value is -0.640. The normalized spacial score (nSPS) is 21.5. The number of rotatable bonds is 2. The largest absolute Gasteiger partial charge is 0.327 e. The average Bonchev–Trinajstić information content (AvgIpc) is 2.22. The van der Waals surface area contributed by atoms with E-state index in [9.17, 15) is 0 Å². The first-order chi connectivity index (χ1) is 7.25. The monoisotopic (exact) mass is 241 g/mol. The quantitative estimate of drug-likeness (QED) is 0.858. The number of halogens is 1. The minimum atomic E-state index is 0. The SMILES string of the molecule is Cc1ccncc1CN1CCC[C@@H](N)C1.Cl. The van der Waals surface area contributed by atoms with Gasteiger partial charge >= 0.3 is 0 Å². The van der Waals surface area contributed by atoms with E-state index in [-0.39, 0.29) is 12.4 Å². The van der Waals surface area contributed by atoms with Gasteiger partial charge in [0, 0.05) is 31.5 Å². The summed E-state index contributed by atoms with van der Waals surface area (Å²) in [7, 11) is 0. The topological polar surface area (TPSA) is 42.2 Å². The van der Waals surface area contributed by atoms with Gasteiger partial charge in [-0.2, -0.15) is 0 Å². The van der Waals surface area contributed by atoms with Gasteiger partial charge < -0.3 is 5.73 Å². The third-order valence-electron chi connectivity index (χ3n) is 3.08. The second kappa shape index (κ2) is 6.18. The molecule has 90 valence electrons. The summed E-state index contributed by atoms with van der Waals surface area (Å²) in [4.78, 5) is 6.60. The van der Waals surface area contributed by atoms with Gasteiger partial charge in [-0.25, -0.2) is 0 Å².